The summed E-state index contributed by atoms with van der Waals surface area (Å²) in [7, 11) is 1.59. The minimum atomic E-state index is -0.000957. The highest BCUT2D eigenvalue weighted by Gasteiger charge is 2.12. The van der Waals surface area contributed by atoms with Crippen molar-refractivity contribution in [2.45, 2.75) is 12.6 Å². The number of rotatable bonds is 5. The molecule has 5 nitrogen and oxygen atoms in total. The van der Waals surface area contributed by atoms with Crippen LogP contribution in [0.15, 0.2) is 37.1 Å². The van der Waals surface area contributed by atoms with E-state index in [0.29, 0.717) is 11.7 Å². The van der Waals surface area contributed by atoms with Crippen molar-refractivity contribution < 1.29 is 4.84 Å². The van der Waals surface area contributed by atoms with Crippen molar-refractivity contribution in [1.29, 1.82) is 0 Å². The Bertz CT molecular complexity index is 443. The maximum Gasteiger partial charge on any atom is 0.129 e. The third kappa shape index (κ3) is 3.26. The number of pyridine rings is 1. The van der Waals surface area contributed by atoms with E-state index in [9.17, 15) is 0 Å². The van der Waals surface area contributed by atoms with E-state index in [2.05, 4.69) is 15.4 Å². The lowest BCUT2D eigenvalue weighted by molar-refractivity contribution is 0.0549. The van der Waals surface area contributed by atoms with Crippen molar-refractivity contribution in [3.05, 3.63) is 47.8 Å². The number of aromatic nitrogens is 3. The quantitative estimate of drug-likeness (QED) is 0.652. The zero-order valence-electron chi connectivity index (χ0n) is 9.38. The van der Waals surface area contributed by atoms with Crippen molar-refractivity contribution in [3.8, 4) is 0 Å². The number of imidazole rings is 1. The first kappa shape index (κ1) is 12.0. The van der Waals surface area contributed by atoms with Gasteiger partial charge >= 0.3 is 0 Å². The smallest absolute Gasteiger partial charge is 0.129 e. The highest BCUT2D eigenvalue weighted by molar-refractivity contribution is 6.29. The molecule has 2 aromatic heterocycles. The van der Waals surface area contributed by atoms with Gasteiger partial charge in [0, 0.05) is 25.1 Å². The third-order valence-electron chi connectivity index (χ3n) is 2.37. The van der Waals surface area contributed by atoms with Crippen molar-refractivity contribution >= 4 is 11.6 Å². The van der Waals surface area contributed by atoms with Crippen molar-refractivity contribution in [3.63, 3.8) is 0 Å². The van der Waals surface area contributed by atoms with Crippen LogP contribution in [0, 0.1) is 0 Å². The summed E-state index contributed by atoms with van der Waals surface area (Å²) in [4.78, 5) is 13.1. The topological polar surface area (TPSA) is 52.0 Å². The molecule has 0 radical (unpaired) electrons. The summed E-state index contributed by atoms with van der Waals surface area (Å²) < 4.78 is 1.96. The predicted molar refractivity (Wildman–Crippen MR) is 64.4 cm³/mol. The number of hydrogen-bond donors (Lipinski definition) is 1. The summed E-state index contributed by atoms with van der Waals surface area (Å²) in [5, 5.41) is 0.479. The second kappa shape index (κ2) is 5.77. The van der Waals surface area contributed by atoms with Gasteiger partial charge in [-0.2, -0.15) is 5.48 Å². The lowest BCUT2D eigenvalue weighted by atomic mass is 10.1. The van der Waals surface area contributed by atoms with Gasteiger partial charge in [0.1, 0.15) is 5.15 Å². The van der Waals surface area contributed by atoms with E-state index in [1.54, 1.807) is 31.9 Å². The summed E-state index contributed by atoms with van der Waals surface area (Å²) in [6, 6.07) is 3.68. The second-order valence-corrected chi connectivity index (χ2v) is 3.94. The zero-order chi connectivity index (χ0) is 12.1. The van der Waals surface area contributed by atoms with Gasteiger partial charge in [-0.25, -0.2) is 9.97 Å². The maximum absolute atomic E-state index is 5.76. The predicted octanol–water partition coefficient (Wildman–Crippen LogP) is 1.82. The van der Waals surface area contributed by atoms with Gasteiger partial charge in [-0.15, -0.1) is 0 Å². The molecule has 0 aliphatic heterocycles. The Morgan fingerprint density at radius 2 is 2.41 bits per heavy atom. The molecule has 0 fully saturated rings. The molecule has 2 aromatic rings. The van der Waals surface area contributed by atoms with Crippen LogP contribution in [0.25, 0.3) is 0 Å². The van der Waals surface area contributed by atoms with Crippen LogP contribution < -0.4 is 5.48 Å². The summed E-state index contributed by atoms with van der Waals surface area (Å²) >= 11 is 5.76. The monoisotopic (exact) mass is 252 g/mol. The number of nitrogens with zero attached hydrogens (tertiary/aromatic N) is 3. The largest absolute Gasteiger partial charge is 0.335 e. The van der Waals surface area contributed by atoms with Gasteiger partial charge in [0.2, 0.25) is 0 Å². The fourth-order valence-corrected chi connectivity index (χ4v) is 1.66. The fraction of sp³-hybridized carbons (Fsp3) is 0.273. The van der Waals surface area contributed by atoms with Gasteiger partial charge in [0.25, 0.3) is 0 Å². The summed E-state index contributed by atoms with van der Waals surface area (Å²) in [5.41, 5.74) is 3.93. The standard InChI is InChI=1S/C11H13ClN4O/c1-17-15-10(7-16-5-4-13-8-16)9-2-3-11(12)14-6-9/h2-6,8,10,15H,7H2,1H3. The molecule has 0 aliphatic carbocycles. The Morgan fingerprint density at radius 3 is 3.00 bits per heavy atom. The molecular formula is C11H13ClN4O. The molecule has 2 heterocycles. The van der Waals surface area contributed by atoms with Gasteiger partial charge in [0.15, 0.2) is 0 Å². The average molecular weight is 253 g/mol. The van der Waals surface area contributed by atoms with E-state index in [4.69, 9.17) is 16.4 Å². The normalized spacial score (nSPS) is 12.6. The van der Waals surface area contributed by atoms with E-state index < -0.39 is 0 Å². The molecule has 0 spiro atoms. The SMILES string of the molecule is CONC(Cn1ccnc1)c1ccc(Cl)nc1. The lowest BCUT2D eigenvalue weighted by Gasteiger charge is -2.17. The summed E-state index contributed by atoms with van der Waals surface area (Å²) in [5.74, 6) is 0. The minimum Gasteiger partial charge on any atom is -0.335 e. The number of hydrogen-bond acceptors (Lipinski definition) is 4. The van der Waals surface area contributed by atoms with Crippen molar-refractivity contribution in [2.24, 2.45) is 0 Å². The Labute approximate surface area is 104 Å². The minimum absolute atomic E-state index is 0.000957. The average Bonchev–Trinajstić information content (AvgIpc) is 2.82. The molecule has 0 saturated carbocycles. The molecule has 6 heteroatoms. The Morgan fingerprint density at radius 1 is 1.53 bits per heavy atom. The van der Waals surface area contributed by atoms with Crippen molar-refractivity contribution in [1.82, 2.24) is 20.0 Å². The van der Waals surface area contributed by atoms with E-state index in [1.807, 2.05) is 16.8 Å². The van der Waals surface area contributed by atoms with Gasteiger partial charge in [-0.3, -0.25) is 0 Å². The first-order valence-corrected chi connectivity index (χ1v) is 5.53. The molecule has 0 bridgehead atoms. The molecule has 2 rings (SSSR count). The summed E-state index contributed by atoms with van der Waals surface area (Å²) in [6.45, 7) is 0.706. The molecule has 1 atom stereocenters. The van der Waals surface area contributed by atoms with Crippen LogP contribution in [-0.4, -0.2) is 21.6 Å². The number of halogens is 1. The first-order chi connectivity index (χ1) is 8.29. The zero-order valence-corrected chi connectivity index (χ0v) is 10.1. The molecule has 1 unspecified atom stereocenters. The first-order valence-electron chi connectivity index (χ1n) is 5.15. The van der Waals surface area contributed by atoms with Crippen LogP contribution in [0.1, 0.15) is 11.6 Å². The van der Waals surface area contributed by atoms with Crippen molar-refractivity contribution in [2.75, 3.05) is 7.11 Å². The molecule has 1 N–H and O–H groups in total. The van der Waals surface area contributed by atoms with E-state index in [0.717, 1.165) is 5.56 Å². The lowest BCUT2D eigenvalue weighted by Crippen LogP contribution is -2.24. The van der Waals surface area contributed by atoms with Crippen LogP contribution in [0.2, 0.25) is 5.15 Å². The van der Waals surface area contributed by atoms with Gasteiger partial charge in [-0.1, -0.05) is 17.7 Å². The van der Waals surface area contributed by atoms with Gasteiger partial charge in [-0.05, 0) is 11.6 Å². The molecule has 0 aliphatic rings. The maximum atomic E-state index is 5.76. The van der Waals surface area contributed by atoms with Crippen LogP contribution in [-0.2, 0) is 11.4 Å². The number of nitrogens with one attached hydrogen (secondary N) is 1. The van der Waals surface area contributed by atoms with E-state index in [1.165, 1.54) is 0 Å². The highest BCUT2D eigenvalue weighted by atomic mass is 35.5. The van der Waals surface area contributed by atoms with E-state index in [-0.39, 0.29) is 6.04 Å². The Kier molecular flexibility index (Phi) is 4.08. The molecule has 0 amide bonds. The highest BCUT2D eigenvalue weighted by Crippen LogP contribution is 2.16. The van der Waals surface area contributed by atoms with Crippen LogP contribution in [0.5, 0.6) is 0 Å². The Hall–Kier alpha value is -1.43. The van der Waals surface area contributed by atoms with Gasteiger partial charge in [0.05, 0.1) is 19.5 Å². The molecule has 90 valence electrons. The molecule has 0 aromatic carbocycles. The van der Waals surface area contributed by atoms with Crippen LogP contribution >= 0.6 is 11.6 Å². The van der Waals surface area contributed by atoms with Crippen LogP contribution in [0.3, 0.4) is 0 Å². The van der Waals surface area contributed by atoms with Gasteiger partial charge < -0.3 is 9.40 Å². The summed E-state index contributed by atoms with van der Waals surface area (Å²) in [6.07, 6.45) is 7.13. The second-order valence-electron chi connectivity index (χ2n) is 3.55. The fourth-order valence-electron chi connectivity index (χ4n) is 1.55. The molecular weight excluding hydrogens is 240 g/mol. The van der Waals surface area contributed by atoms with Crippen LogP contribution in [0.4, 0.5) is 0 Å². The third-order valence-corrected chi connectivity index (χ3v) is 2.59. The van der Waals surface area contributed by atoms with E-state index >= 15 is 0 Å². The Balaban J connectivity index is 2.13. The number of hydroxylamine groups is 1. The molecule has 0 saturated heterocycles. The molecule has 17 heavy (non-hydrogen) atoms.